The van der Waals surface area contributed by atoms with E-state index in [0.29, 0.717) is 23.7 Å². The van der Waals surface area contributed by atoms with Gasteiger partial charge in [0.15, 0.2) is 0 Å². The Labute approximate surface area is 173 Å². The SMILES string of the molecule is CC[C@H]1[C@@H](O)C2C3CC[C@H](c4cc(=O)[nH]o4)[C@@]3(C)CCC2[C@@]2(C)CC[C@@H](O)C[C@@H]12. The van der Waals surface area contributed by atoms with Gasteiger partial charge in [-0.2, -0.15) is 5.16 Å². The van der Waals surface area contributed by atoms with Crippen LogP contribution in [-0.4, -0.2) is 27.6 Å². The van der Waals surface area contributed by atoms with Crippen molar-refractivity contribution in [3.63, 3.8) is 0 Å². The highest BCUT2D eigenvalue weighted by molar-refractivity contribution is 5.19. The maximum Gasteiger partial charge on any atom is 0.280 e. The predicted octanol–water partition coefficient (Wildman–Crippen LogP) is 4.06. The number of aromatic amines is 1. The summed E-state index contributed by atoms with van der Waals surface area (Å²) in [4.78, 5) is 11.7. The Kier molecular flexibility index (Phi) is 4.60. The van der Waals surface area contributed by atoms with Crippen LogP contribution >= 0.6 is 0 Å². The minimum atomic E-state index is -0.282. The highest BCUT2D eigenvalue weighted by Crippen LogP contribution is 2.70. The number of aliphatic hydroxyl groups excluding tert-OH is 2. The summed E-state index contributed by atoms with van der Waals surface area (Å²) in [5.74, 6) is 3.11. The Balaban J connectivity index is 1.52. The van der Waals surface area contributed by atoms with E-state index in [1.807, 2.05) is 0 Å². The lowest BCUT2D eigenvalue weighted by Crippen LogP contribution is -2.62. The summed E-state index contributed by atoms with van der Waals surface area (Å²) in [5.41, 5.74) is 0.153. The summed E-state index contributed by atoms with van der Waals surface area (Å²) in [6, 6.07) is 1.64. The predicted molar refractivity (Wildman–Crippen MR) is 110 cm³/mol. The molecule has 3 N–H and O–H groups in total. The summed E-state index contributed by atoms with van der Waals surface area (Å²) in [6.07, 6.45) is 7.76. The van der Waals surface area contributed by atoms with Gasteiger partial charge in [-0.25, -0.2) is 0 Å². The zero-order valence-corrected chi connectivity index (χ0v) is 18.1. The zero-order chi connectivity index (χ0) is 20.6. The van der Waals surface area contributed by atoms with Crippen LogP contribution in [0.15, 0.2) is 15.4 Å². The first-order chi connectivity index (χ1) is 13.8. The molecule has 1 aromatic heterocycles. The van der Waals surface area contributed by atoms with Gasteiger partial charge in [-0.15, -0.1) is 0 Å². The summed E-state index contributed by atoms with van der Waals surface area (Å²) >= 11 is 0. The first-order valence-electron chi connectivity index (χ1n) is 11.8. The molecule has 3 unspecified atom stereocenters. The monoisotopic (exact) mass is 403 g/mol. The molecule has 0 amide bonds. The van der Waals surface area contributed by atoms with Crippen LogP contribution in [-0.2, 0) is 0 Å². The fourth-order valence-corrected chi connectivity index (χ4v) is 8.89. The fraction of sp³-hybridized carbons (Fsp3) is 0.875. The number of H-pyrrole nitrogens is 1. The van der Waals surface area contributed by atoms with Crippen LogP contribution in [0.5, 0.6) is 0 Å². The summed E-state index contributed by atoms with van der Waals surface area (Å²) in [5, 5.41) is 24.5. The van der Waals surface area contributed by atoms with E-state index in [1.165, 1.54) is 0 Å². The van der Waals surface area contributed by atoms with Crippen molar-refractivity contribution in [2.45, 2.75) is 90.3 Å². The van der Waals surface area contributed by atoms with Crippen molar-refractivity contribution in [1.29, 1.82) is 0 Å². The number of rotatable bonds is 2. The quantitative estimate of drug-likeness (QED) is 0.695. The minimum Gasteiger partial charge on any atom is -0.393 e. The van der Waals surface area contributed by atoms with Crippen molar-refractivity contribution in [1.82, 2.24) is 5.16 Å². The van der Waals surface area contributed by atoms with Crippen LogP contribution in [0.3, 0.4) is 0 Å². The lowest BCUT2D eigenvalue weighted by atomic mass is 9.41. The molecule has 4 aliphatic carbocycles. The Morgan fingerprint density at radius 3 is 2.48 bits per heavy atom. The molecule has 29 heavy (non-hydrogen) atoms. The van der Waals surface area contributed by atoms with Crippen molar-refractivity contribution < 1.29 is 14.7 Å². The lowest BCUT2D eigenvalue weighted by molar-refractivity contribution is -0.200. The average Bonchev–Trinajstić information content (AvgIpc) is 3.26. The van der Waals surface area contributed by atoms with Gasteiger partial charge in [0.2, 0.25) is 0 Å². The van der Waals surface area contributed by atoms with Gasteiger partial charge in [0.25, 0.3) is 5.56 Å². The molecule has 4 fully saturated rings. The molecule has 5 nitrogen and oxygen atoms in total. The van der Waals surface area contributed by atoms with E-state index < -0.39 is 0 Å². The fourth-order valence-electron chi connectivity index (χ4n) is 8.89. The topological polar surface area (TPSA) is 86.5 Å². The first kappa shape index (κ1) is 19.9. The molecule has 1 heterocycles. The average molecular weight is 404 g/mol. The molecule has 0 spiro atoms. The molecule has 0 saturated heterocycles. The zero-order valence-electron chi connectivity index (χ0n) is 18.1. The molecule has 0 aliphatic heterocycles. The van der Waals surface area contributed by atoms with Gasteiger partial charge < -0.3 is 14.7 Å². The summed E-state index contributed by atoms with van der Waals surface area (Å²) in [6.45, 7) is 7.06. The number of fused-ring (bicyclic) bond motifs is 5. The number of hydrogen-bond donors (Lipinski definition) is 3. The molecule has 0 aromatic carbocycles. The van der Waals surface area contributed by atoms with Crippen LogP contribution < -0.4 is 5.56 Å². The molecular formula is C24H37NO4. The summed E-state index contributed by atoms with van der Waals surface area (Å²) < 4.78 is 5.56. The van der Waals surface area contributed by atoms with E-state index in [-0.39, 0.29) is 40.4 Å². The van der Waals surface area contributed by atoms with E-state index >= 15 is 0 Å². The highest BCUT2D eigenvalue weighted by Gasteiger charge is 2.65. The van der Waals surface area contributed by atoms with E-state index in [2.05, 4.69) is 25.9 Å². The molecule has 0 radical (unpaired) electrons. The van der Waals surface area contributed by atoms with Crippen LogP contribution in [0.2, 0.25) is 0 Å². The molecule has 5 rings (SSSR count). The van der Waals surface area contributed by atoms with Crippen LogP contribution in [0.25, 0.3) is 0 Å². The van der Waals surface area contributed by atoms with Gasteiger partial charge >= 0.3 is 0 Å². The maximum absolute atomic E-state index is 11.7. The molecule has 5 heteroatoms. The van der Waals surface area contributed by atoms with E-state index in [1.54, 1.807) is 6.07 Å². The van der Waals surface area contributed by atoms with E-state index in [0.717, 1.165) is 57.1 Å². The number of aromatic nitrogens is 1. The van der Waals surface area contributed by atoms with E-state index in [4.69, 9.17) is 4.52 Å². The smallest absolute Gasteiger partial charge is 0.280 e. The number of hydrogen-bond acceptors (Lipinski definition) is 4. The number of nitrogens with one attached hydrogen (secondary N) is 1. The van der Waals surface area contributed by atoms with Gasteiger partial charge in [-0.1, -0.05) is 27.2 Å². The second-order valence-electron chi connectivity index (χ2n) is 11.2. The van der Waals surface area contributed by atoms with Crippen molar-refractivity contribution in [3.05, 3.63) is 22.2 Å². The molecule has 4 saturated carbocycles. The second-order valence-corrected chi connectivity index (χ2v) is 11.2. The third kappa shape index (κ3) is 2.69. The molecule has 4 aliphatic rings. The van der Waals surface area contributed by atoms with Gasteiger partial charge in [0.1, 0.15) is 5.76 Å². The molecular weight excluding hydrogens is 366 g/mol. The highest BCUT2D eigenvalue weighted by atomic mass is 16.5. The van der Waals surface area contributed by atoms with E-state index in [9.17, 15) is 15.0 Å². The minimum absolute atomic E-state index is 0.0793. The number of aliphatic hydroxyl groups is 2. The summed E-state index contributed by atoms with van der Waals surface area (Å²) in [7, 11) is 0. The largest absolute Gasteiger partial charge is 0.393 e. The first-order valence-corrected chi connectivity index (χ1v) is 11.8. The Bertz CT molecular complexity index is 816. The van der Waals surface area contributed by atoms with Gasteiger partial charge in [-0.3, -0.25) is 4.79 Å². The van der Waals surface area contributed by atoms with Crippen molar-refractivity contribution >= 4 is 0 Å². The Hall–Kier alpha value is -1.07. The normalized spacial score (nSPS) is 51.9. The van der Waals surface area contributed by atoms with Crippen molar-refractivity contribution in [2.75, 3.05) is 0 Å². The molecule has 10 atom stereocenters. The van der Waals surface area contributed by atoms with Crippen LogP contribution in [0.1, 0.15) is 83.8 Å². The van der Waals surface area contributed by atoms with Gasteiger partial charge in [-0.05, 0) is 85.4 Å². The lowest BCUT2D eigenvalue weighted by Gasteiger charge is -2.64. The standard InChI is InChI=1S/C24H37NO4/c1-4-14-18-11-13(26)7-9-24(18,3)17-8-10-23(2)15(19-12-20(27)25-29-19)5-6-16(23)21(17)22(14)28/h12-18,21-22,26,28H,4-11H2,1-3H3,(H,25,27)/t13-,14-,15-,16?,17?,18+,21?,22-,23-,24-/m1/s1. The maximum atomic E-state index is 11.7. The molecule has 1 aromatic rings. The van der Waals surface area contributed by atoms with Crippen LogP contribution in [0, 0.1) is 40.4 Å². The molecule has 162 valence electrons. The van der Waals surface area contributed by atoms with Crippen molar-refractivity contribution in [3.8, 4) is 0 Å². The Morgan fingerprint density at radius 2 is 1.79 bits per heavy atom. The van der Waals surface area contributed by atoms with Crippen LogP contribution in [0.4, 0.5) is 0 Å². The van der Waals surface area contributed by atoms with Gasteiger partial charge in [0.05, 0.1) is 12.2 Å². The third-order valence-corrected chi connectivity index (χ3v) is 10.3. The Morgan fingerprint density at radius 1 is 1.07 bits per heavy atom. The third-order valence-electron chi connectivity index (χ3n) is 10.3. The second kappa shape index (κ2) is 6.71. The molecule has 0 bridgehead atoms. The van der Waals surface area contributed by atoms with Gasteiger partial charge in [0, 0.05) is 12.0 Å². The van der Waals surface area contributed by atoms with Crippen molar-refractivity contribution in [2.24, 2.45) is 40.4 Å².